The predicted octanol–water partition coefficient (Wildman–Crippen LogP) is 2.92. The Balaban J connectivity index is 1.59. The molecule has 0 radical (unpaired) electrons. The van der Waals surface area contributed by atoms with E-state index in [1.165, 1.54) is 0 Å². The number of amides is 1. The molecular weight excluding hydrogens is 368 g/mol. The molecule has 7 heteroatoms. The standard InChI is InChI=1S/C15H15BrN2O3S/c16-10-1-2-12-11(7-10)17-13(22-12)3-4-14(19)18-6-5-9(8-18)15(20)21/h1-2,7,9H,3-6,8H2,(H,20,21). The van der Waals surface area contributed by atoms with E-state index in [1.54, 1.807) is 16.2 Å². The summed E-state index contributed by atoms with van der Waals surface area (Å²) in [7, 11) is 0. The zero-order valence-corrected chi connectivity index (χ0v) is 14.2. The van der Waals surface area contributed by atoms with E-state index < -0.39 is 11.9 Å². The summed E-state index contributed by atoms with van der Waals surface area (Å²) in [5.74, 6) is -1.21. The highest BCUT2D eigenvalue weighted by Crippen LogP contribution is 2.26. The molecule has 116 valence electrons. The molecule has 0 bridgehead atoms. The lowest BCUT2D eigenvalue weighted by molar-refractivity contribution is -0.141. The van der Waals surface area contributed by atoms with Crippen LogP contribution in [-0.2, 0) is 16.0 Å². The lowest BCUT2D eigenvalue weighted by Crippen LogP contribution is -2.30. The molecule has 5 nitrogen and oxygen atoms in total. The molecule has 1 N–H and O–H groups in total. The normalized spacial score (nSPS) is 18.0. The minimum absolute atomic E-state index is 0.0178. The zero-order valence-electron chi connectivity index (χ0n) is 11.8. The predicted molar refractivity (Wildman–Crippen MR) is 88.0 cm³/mol. The molecule has 22 heavy (non-hydrogen) atoms. The molecule has 1 aliphatic rings. The van der Waals surface area contributed by atoms with E-state index in [0.717, 1.165) is 19.7 Å². The number of halogens is 1. The Hall–Kier alpha value is -1.47. The van der Waals surface area contributed by atoms with Gasteiger partial charge in [-0.3, -0.25) is 9.59 Å². The number of hydrogen-bond acceptors (Lipinski definition) is 4. The van der Waals surface area contributed by atoms with Crippen molar-refractivity contribution in [3.05, 3.63) is 27.7 Å². The third-order valence-electron chi connectivity index (χ3n) is 3.84. The van der Waals surface area contributed by atoms with Gasteiger partial charge in [-0.1, -0.05) is 15.9 Å². The number of carboxylic acid groups (broad SMARTS) is 1. The summed E-state index contributed by atoms with van der Waals surface area (Å²) in [6, 6.07) is 5.96. The smallest absolute Gasteiger partial charge is 0.308 e. The van der Waals surface area contributed by atoms with Gasteiger partial charge in [0.2, 0.25) is 5.91 Å². The first kappa shape index (κ1) is 15.4. The number of benzene rings is 1. The van der Waals surface area contributed by atoms with E-state index in [4.69, 9.17) is 5.11 Å². The highest BCUT2D eigenvalue weighted by atomic mass is 79.9. The summed E-state index contributed by atoms with van der Waals surface area (Å²) in [5.41, 5.74) is 0.939. The fourth-order valence-corrected chi connectivity index (χ4v) is 3.91. The number of aliphatic carboxylic acids is 1. The number of aromatic nitrogens is 1. The van der Waals surface area contributed by atoms with E-state index in [2.05, 4.69) is 20.9 Å². The molecule has 1 aliphatic heterocycles. The third kappa shape index (κ3) is 3.30. The molecule has 1 fully saturated rings. The fourth-order valence-electron chi connectivity index (χ4n) is 2.62. The molecule has 0 spiro atoms. The maximum absolute atomic E-state index is 12.2. The molecule has 3 rings (SSSR count). The first-order valence-electron chi connectivity index (χ1n) is 7.08. The number of rotatable bonds is 4. The Labute approximate surface area is 140 Å². The van der Waals surface area contributed by atoms with Gasteiger partial charge in [0.1, 0.15) is 0 Å². The van der Waals surface area contributed by atoms with Gasteiger partial charge in [-0.25, -0.2) is 4.98 Å². The van der Waals surface area contributed by atoms with Crippen LogP contribution < -0.4 is 0 Å². The number of likely N-dealkylation sites (tertiary alicyclic amines) is 1. The van der Waals surface area contributed by atoms with Crippen LogP contribution in [-0.4, -0.2) is 40.0 Å². The molecule has 0 saturated carbocycles. The van der Waals surface area contributed by atoms with Gasteiger partial charge in [-0.2, -0.15) is 0 Å². The second-order valence-corrected chi connectivity index (χ2v) is 7.41. The van der Waals surface area contributed by atoms with Crippen molar-refractivity contribution in [1.29, 1.82) is 0 Å². The number of nitrogens with zero attached hydrogens (tertiary/aromatic N) is 2. The van der Waals surface area contributed by atoms with Gasteiger partial charge in [0, 0.05) is 30.4 Å². The number of hydrogen-bond donors (Lipinski definition) is 1. The minimum Gasteiger partial charge on any atom is -0.481 e. The van der Waals surface area contributed by atoms with E-state index >= 15 is 0 Å². The van der Waals surface area contributed by atoms with Crippen molar-refractivity contribution < 1.29 is 14.7 Å². The third-order valence-corrected chi connectivity index (χ3v) is 5.43. The number of carboxylic acids is 1. The van der Waals surface area contributed by atoms with Crippen molar-refractivity contribution in [3.63, 3.8) is 0 Å². The van der Waals surface area contributed by atoms with Crippen LogP contribution >= 0.6 is 27.3 Å². The Kier molecular flexibility index (Phi) is 4.44. The largest absolute Gasteiger partial charge is 0.481 e. The molecule has 1 atom stereocenters. The van der Waals surface area contributed by atoms with Crippen LogP contribution in [0.5, 0.6) is 0 Å². The molecule has 1 aromatic heterocycles. The first-order valence-corrected chi connectivity index (χ1v) is 8.69. The van der Waals surface area contributed by atoms with Gasteiger partial charge in [0.05, 0.1) is 21.1 Å². The molecule has 1 saturated heterocycles. The van der Waals surface area contributed by atoms with Crippen molar-refractivity contribution in [2.45, 2.75) is 19.3 Å². The zero-order chi connectivity index (χ0) is 15.7. The second-order valence-electron chi connectivity index (χ2n) is 5.38. The van der Waals surface area contributed by atoms with Gasteiger partial charge in [0.25, 0.3) is 0 Å². The number of carbonyl (C=O) groups excluding carboxylic acids is 1. The molecular formula is C15H15BrN2O3S. The van der Waals surface area contributed by atoms with Crippen LogP contribution in [0, 0.1) is 5.92 Å². The number of fused-ring (bicyclic) bond motifs is 1. The van der Waals surface area contributed by atoms with Gasteiger partial charge in [-0.15, -0.1) is 11.3 Å². The molecule has 2 heterocycles. The summed E-state index contributed by atoms with van der Waals surface area (Å²) in [6.45, 7) is 0.879. The summed E-state index contributed by atoms with van der Waals surface area (Å²) < 4.78 is 2.10. The van der Waals surface area contributed by atoms with Crippen LogP contribution in [0.4, 0.5) is 0 Å². The fraction of sp³-hybridized carbons (Fsp3) is 0.400. The van der Waals surface area contributed by atoms with Crippen LogP contribution in [0.1, 0.15) is 17.8 Å². The van der Waals surface area contributed by atoms with Crippen molar-refractivity contribution in [2.24, 2.45) is 5.92 Å². The van der Waals surface area contributed by atoms with Gasteiger partial charge in [-0.05, 0) is 24.6 Å². The average Bonchev–Trinajstić information content (AvgIpc) is 3.10. The van der Waals surface area contributed by atoms with Gasteiger partial charge >= 0.3 is 5.97 Å². The van der Waals surface area contributed by atoms with Crippen LogP contribution in [0.3, 0.4) is 0 Å². The van der Waals surface area contributed by atoms with E-state index in [9.17, 15) is 9.59 Å². The SMILES string of the molecule is O=C(O)C1CCN(C(=O)CCc2nc3cc(Br)ccc3s2)C1. The first-order chi connectivity index (χ1) is 10.5. The van der Waals surface area contributed by atoms with Gasteiger partial charge < -0.3 is 10.0 Å². The lowest BCUT2D eigenvalue weighted by atomic mass is 10.1. The number of aryl methyl sites for hydroxylation is 1. The number of carbonyl (C=O) groups is 2. The summed E-state index contributed by atoms with van der Waals surface area (Å²) in [6.07, 6.45) is 1.54. The van der Waals surface area contributed by atoms with Crippen molar-refractivity contribution in [2.75, 3.05) is 13.1 Å². The molecule has 1 unspecified atom stereocenters. The Morgan fingerprint density at radius 2 is 2.27 bits per heavy atom. The van der Waals surface area contributed by atoms with Crippen molar-refractivity contribution in [1.82, 2.24) is 9.88 Å². The van der Waals surface area contributed by atoms with Crippen LogP contribution in [0.15, 0.2) is 22.7 Å². The van der Waals surface area contributed by atoms with Gasteiger partial charge in [0.15, 0.2) is 0 Å². The second kappa shape index (κ2) is 6.34. The molecule has 0 aliphatic carbocycles. The maximum atomic E-state index is 12.2. The Bertz CT molecular complexity index is 731. The van der Waals surface area contributed by atoms with E-state index in [0.29, 0.717) is 32.4 Å². The average molecular weight is 383 g/mol. The molecule has 1 amide bonds. The van der Waals surface area contributed by atoms with E-state index in [1.807, 2.05) is 18.2 Å². The lowest BCUT2D eigenvalue weighted by Gasteiger charge is -2.15. The van der Waals surface area contributed by atoms with Crippen molar-refractivity contribution in [3.8, 4) is 0 Å². The monoisotopic (exact) mass is 382 g/mol. The quantitative estimate of drug-likeness (QED) is 0.882. The minimum atomic E-state index is -0.813. The highest BCUT2D eigenvalue weighted by molar-refractivity contribution is 9.10. The Morgan fingerprint density at radius 1 is 1.45 bits per heavy atom. The Morgan fingerprint density at radius 3 is 3.00 bits per heavy atom. The topological polar surface area (TPSA) is 70.5 Å². The maximum Gasteiger partial charge on any atom is 0.308 e. The van der Waals surface area contributed by atoms with Crippen LogP contribution in [0.25, 0.3) is 10.2 Å². The molecule has 1 aromatic carbocycles. The highest BCUT2D eigenvalue weighted by Gasteiger charge is 2.30. The number of thiazole rings is 1. The van der Waals surface area contributed by atoms with Crippen molar-refractivity contribution >= 4 is 49.4 Å². The molecule has 2 aromatic rings. The summed E-state index contributed by atoms with van der Waals surface area (Å²) in [5, 5.41) is 9.91. The van der Waals surface area contributed by atoms with E-state index in [-0.39, 0.29) is 5.91 Å². The summed E-state index contributed by atoms with van der Waals surface area (Å²) in [4.78, 5) is 29.3. The van der Waals surface area contributed by atoms with Crippen LogP contribution in [0.2, 0.25) is 0 Å². The summed E-state index contributed by atoms with van der Waals surface area (Å²) >= 11 is 5.02.